The first-order valence-electron chi connectivity index (χ1n) is 9.63. The van der Waals surface area contributed by atoms with E-state index in [0.29, 0.717) is 0 Å². The van der Waals surface area contributed by atoms with Crippen LogP contribution >= 0.6 is 22.6 Å². The second-order valence-electron chi connectivity index (χ2n) is 6.77. The van der Waals surface area contributed by atoms with Gasteiger partial charge in [-0.2, -0.15) is 0 Å². The summed E-state index contributed by atoms with van der Waals surface area (Å²) >= 11 is 2.25. The van der Waals surface area contributed by atoms with Crippen molar-refractivity contribution in [2.24, 2.45) is 0 Å². The van der Waals surface area contributed by atoms with E-state index in [0.717, 1.165) is 28.4 Å². The molecule has 0 saturated carbocycles. The summed E-state index contributed by atoms with van der Waals surface area (Å²) in [5, 5.41) is 9.46. The minimum atomic E-state index is -0.691. The highest BCUT2D eigenvalue weighted by Crippen LogP contribution is 2.24. The lowest BCUT2D eigenvalue weighted by atomic mass is 9.93. The second kappa shape index (κ2) is 13.7. The zero-order chi connectivity index (χ0) is 17.6. The Labute approximate surface area is 161 Å². The number of unbranched alkanes of at least 4 members (excludes halogenated alkanes) is 10. The van der Waals surface area contributed by atoms with Crippen LogP contribution in [0.25, 0.3) is 0 Å². The molecule has 3 heteroatoms. The molecule has 0 spiro atoms. The summed E-state index contributed by atoms with van der Waals surface area (Å²) in [6, 6.07) is 7.90. The quantitative estimate of drug-likeness (QED) is 0.244. The second-order valence-corrected chi connectivity index (χ2v) is 8.01. The highest BCUT2D eigenvalue weighted by Gasteiger charge is 2.18. The summed E-state index contributed by atoms with van der Waals surface area (Å²) < 4.78 is 1.15. The monoisotopic (exact) mass is 444 g/mol. The predicted molar refractivity (Wildman–Crippen MR) is 111 cm³/mol. The number of benzene rings is 1. The van der Waals surface area contributed by atoms with E-state index < -0.39 is 5.97 Å². The first-order chi connectivity index (χ1) is 11.6. The summed E-state index contributed by atoms with van der Waals surface area (Å²) in [6.45, 7) is 2.26. The average Bonchev–Trinajstić information content (AvgIpc) is 2.57. The van der Waals surface area contributed by atoms with Crippen LogP contribution in [0.4, 0.5) is 0 Å². The van der Waals surface area contributed by atoms with Crippen LogP contribution in [0.3, 0.4) is 0 Å². The molecule has 0 bridgehead atoms. The zero-order valence-electron chi connectivity index (χ0n) is 15.1. The van der Waals surface area contributed by atoms with Crippen LogP contribution in [0.5, 0.6) is 0 Å². The normalized spacial score (nSPS) is 12.2. The first kappa shape index (κ1) is 21.5. The molecule has 0 aliphatic carbocycles. The molecule has 0 aliphatic rings. The minimum absolute atomic E-state index is 0.347. The number of aliphatic carboxylic acids is 1. The molecule has 1 aromatic carbocycles. The van der Waals surface area contributed by atoms with Crippen molar-refractivity contribution in [3.8, 4) is 0 Å². The van der Waals surface area contributed by atoms with Crippen LogP contribution in [-0.2, 0) is 4.79 Å². The highest BCUT2D eigenvalue weighted by molar-refractivity contribution is 14.1. The fraction of sp³-hybridized carbons (Fsp3) is 0.667. The van der Waals surface area contributed by atoms with E-state index in [1.54, 1.807) is 0 Å². The Morgan fingerprint density at radius 3 is 1.79 bits per heavy atom. The average molecular weight is 444 g/mol. The minimum Gasteiger partial charge on any atom is -0.481 e. The van der Waals surface area contributed by atoms with Crippen LogP contribution in [0, 0.1) is 3.57 Å². The maximum atomic E-state index is 11.5. The standard InChI is InChI=1S/C21H33IO2/c1-2-3-4-5-6-7-8-9-10-11-12-13-20(21(23)24)18-14-16-19(22)17-15-18/h14-17,20H,2-13H2,1H3,(H,23,24). The number of halogens is 1. The van der Waals surface area contributed by atoms with Gasteiger partial charge >= 0.3 is 5.97 Å². The van der Waals surface area contributed by atoms with Crippen molar-refractivity contribution in [1.29, 1.82) is 0 Å². The third-order valence-electron chi connectivity index (χ3n) is 4.67. The number of rotatable bonds is 14. The van der Waals surface area contributed by atoms with E-state index in [4.69, 9.17) is 0 Å². The third kappa shape index (κ3) is 9.65. The van der Waals surface area contributed by atoms with Gasteiger partial charge in [-0.15, -0.1) is 0 Å². The summed E-state index contributed by atoms with van der Waals surface area (Å²) in [5.74, 6) is -1.04. The predicted octanol–water partition coefficient (Wildman–Crippen LogP) is 7.16. The van der Waals surface area contributed by atoms with Crippen molar-refractivity contribution < 1.29 is 9.90 Å². The molecule has 1 N–H and O–H groups in total. The van der Waals surface area contributed by atoms with Gasteiger partial charge in [0, 0.05) is 3.57 Å². The molecule has 2 nitrogen and oxygen atoms in total. The largest absolute Gasteiger partial charge is 0.481 e. The zero-order valence-corrected chi connectivity index (χ0v) is 17.3. The number of carboxylic acids is 1. The number of hydrogen-bond acceptors (Lipinski definition) is 1. The molecular formula is C21H33IO2. The van der Waals surface area contributed by atoms with Gasteiger partial charge in [0.2, 0.25) is 0 Å². The summed E-state index contributed by atoms with van der Waals surface area (Å²) in [7, 11) is 0. The Morgan fingerprint density at radius 1 is 0.875 bits per heavy atom. The maximum Gasteiger partial charge on any atom is 0.310 e. The van der Waals surface area contributed by atoms with E-state index in [2.05, 4.69) is 29.5 Å². The molecule has 1 atom stereocenters. The van der Waals surface area contributed by atoms with Gasteiger partial charge in [-0.1, -0.05) is 89.7 Å². The smallest absolute Gasteiger partial charge is 0.310 e. The third-order valence-corrected chi connectivity index (χ3v) is 5.39. The van der Waals surface area contributed by atoms with E-state index in [1.165, 1.54) is 57.8 Å². The number of hydrogen-bond donors (Lipinski definition) is 1. The summed E-state index contributed by atoms with van der Waals surface area (Å²) in [6.07, 6.45) is 15.0. The molecule has 0 amide bonds. The summed E-state index contributed by atoms with van der Waals surface area (Å²) in [5.41, 5.74) is 0.940. The van der Waals surface area contributed by atoms with Gasteiger partial charge < -0.3 is 5.11 Å². The molecule has 1 unspecified atom stereocenters. The molecular weight excluding hydrogens is 411 g/mol. The van der Waals surface area contributed by atoms with Crippen molar-refractivity contribution in [2.45, 2.75) is 89.9 Å². The Kier molecular flexibility index (Phi) is 12.2. The van der Waals surface area contributed by atoms with Gasteiger partial charge in [0.15, 0.2) is 0 Å². The molecule has 1 aromatic rings. The van der Waals surface area contributed by atoms with E-state index >= 15 is 0 Å². The van der Waals surface area contributed by atoms with Gasteiger partial charge in [0.25, 0.3) is 0 Å². The molecule has 0 heterocycles. The molecule has 0 aliphatic heterocycles. The Morgan fingerprint density at radius 2 is 1.33 bits per heavy atom. The van der Waals surface area contributed by atoms with Gasteiger partial charge in [-0.25, -0.2) is 0 Å². The van der Waals surface area contributed by atoms with Crippen LogP contribution in [-0.4, -0.2) is 11.1 Å². The van der Waals surface area contributed by atoms with Crippen LogP contribution in [0.1, 0.15) is 95.5 Å². The molecule has 1 rings (SSSR count). The lowest BCUT2D eigenvalue weighted by Crippen LogP contribution is -2.11. The lowest BCUT2D eigenvalue weighted by molar-refractivity contribution is -0.139. The topological polar surface area (TPSA) is 37.3 Å². The number of carboxylic acid groups (broad SMARTS) is 1. The fourth-order valence-corrected chi connectivity index (χ4v) is 3.50. The van der Waals surface area contributed by atoms with E-state index in [9.17, 15) is 9.90 Å². The highest BCUT2D eigenvalue weighted by atomic mass is 127. The van der Waals surface area contributed by atoms with Crippen LogP contribution < -0.4 is 0 Å². The molecule has 136 valence electrons. The Balaban J connectivity index is 2.10. The van der Waals surface area contributed by atoms with Crippen molar-refractivity contribution in [2.75, 3.05) is 0 Å². The van der Waals surface area contributed by atoms with Gasteiger partial charge in [-0.3, -0.25) is 4.79 Å². The van der Waals surface area contributed by atoms with Gasteiger partial charge in [0.05, 0.1) is 5.92 Å². The lowest BCUT2D eigenvalue weighted by Gasteiger charge is -2.12. The van der Waals surface area contributed by atoms with Crippen LogP contribution in [0.15, 0.2) is 24.3 Å². The first-order valence-corrected chi connectivity index (χ1v) is 10.7. The van der Waals surface area contributed by atoms with Crippen LogP contribution in [0.2, 0.25) is 0 Å². The number of carbonyl (C=O) groups is 1. The maximum absolute atomic E-state index is 11.5. The van der Waals surface area contributed by atoms with E-state index in [1.807, 2.05) is 24.3 Å². The van der Waals surface area contributed by atoms with Crippen molar-refractivity contribution in [1.82, 2.24) is 0 Å². The van der Waals surface area contributed by atoms with E-state index in [-0.39, 0.29) is 5.92 Å². The summed E-state index contributed by atoms with van der Waals surface area (Å²) in [4.78, 5) is 11.5. The Hall–Kier alpha value is -0.580. The molecule has 0 aromatic heterocycles. The van der Waals surface area contributed by atoms with Gasteiger partial charge in [-0.05, 0) is 46.7 Å². The fourth-order valence-electron chi connectivity index (χ4n) is 3.14. The molecule has 24 heavy (non-hydrogen) atoms. The SMILES string of the molecule is CCCCCCCCCCCCCC(C(=O)O)c1ccc(I)cc1. The van der Waals surface area contributed by atoms with Crippen molar-refractivity contribution in [3.05, 3.63) is 33.4 Å². The Bertz CT molecular complexity index is 442. The van der Waals surface area contributed by atoms with Gasteiger partial charge in [0.1, 0.15) is 0 Å². The van der Waals surface area contributed by atoms with Crippen molar-refractivity contribution >= 4 is 28.6 Å². The van der Waals surface area contributed by atoms with Crippen molar-refractivity contribution in [3.63, 3.8) is 0 Å². The molecule has 0 radical (unpaired) electrons. The molecule has 0 saturated heterocycles. The molecule has 0 fully saturated rings.